The Bertz CT molecular complexity index is 1090. The molecule has 0 bridgehead atoms. The summed E-state index contributed by atoms with van der Waals surface area (Å²) >= 11 is 0. The maximum Gasteiger partial charge on any atom is 0.263 e. The van der Waals surface area contributed by atoms with E-state index in [1.165, 1.54) is 38.3 Å². The fourth-order valence-corrected chi connectivity index (χ4v) is 5.50. The molecule has 0 radical (unpaired) electrons. The number of nitrogens with one attached hydrogen (secondary N) is 2. The van der Waals surface area contributed by atoms with Crippen LogP contribution in [0.4, 0.5) is 5.69 Å². The number of anilines is 1. The van der Waals surface area contributed by atoms with Gasteiger partial charge in [0.1, 0.15) is 10.7 Å². The zero-order valence-corrected chi connectivity index (χ0v) is 19.4. The minimum absolute atomic E-state index is 0.141. The van der Waals surface area contributed by atoms with Crippen LogP contribution in [-0.4, -0.2) is 24.5 Å². The Morgan fingerprint density at radius 2 is 1.78 bits per heavy atom. The summed E-state index contributed by atoms with van der Waals surface area (Å²) < 4.78 is 30.5. The van der Waals surface area contributed by atoms with E-state index >= 15 is 0 Å². The van der Waals surface area contributed by atoms with Gasteiger partial charge in [0.05, 0.1) is 5.69 Å². The van der Waals surface area contributed by atoms with Crippen molar-refractivity contribution in [2.75, 3.05) is 11.3 Å². The van der Waals surface area contributed by atoms with Crippen LogP contribution in [0.1, 0.15) is 44.6 Å². The molecule has 170 valence electrons. The van der Waals surface area contributed by atoms with Crippen molar-refractivity contribution >= 4 is 15.7 Å². The Labute approximate surface area is 191 Å². The summed E-state index contributed by atoms with van der Waals surface area (Å²) in [6.07, 6.45) is 11.9. The molecule has 1 saturated carbocycles. The van der Waals surface area contributed by atoms with Gasteiger partial charge < -0.3 is 9.88 Å². The van der Waals surface area contributed by atoms with Crippen LogP contribution in [0, 0.1) is 11.8 Å². The third-order valence-corrected chi connectivity index (χ3v) is 7.75. The van der Waals surface area contributed by atoms with Crippen molar-refractivity contribution in [2.45, 2.75) is 50.5 Å². The predicted molar refractivity (Wildman–Crippen MR) is 128 cm³/mol. The van der Waals surface area contributed by atoms with E-state index in [4.69, 9.17) is 0 Å². The molecule has 0 saturated heterocycles. The van der Waals surface area contributed by atoms with Crippen molar-refractivity contribution in [2.24, 2.45) is 11.8 Å². The molecule has 6 nitrogen and oxygen atoms in total. The second kappa shape index (κ2) is 10.3. The highest BCUT2D eigenvalue weighted by Gasteiger charge is 2.20. The standard InChI is InChI=1S/C25H32N4O2S/c1-20(21-9-3-2-4-10-21)17-26-18-22-11-5-6-12-24(22)28-32(30,31)23-13-14-25(27-19-23)29-15-7-8-16-29/h5-8,11-16,19-21,26,28H,2-4,9-10,17-18H2,1H3. The lowest BCUT2D eigenvalue weighted by Crippen LogP contribution is -2.27. The van der Waals surface area contributed by atoms with Gasteiger partial charge in [-0.2, -0.15) is 0 Å². The topological polar surface area (TPSA) is 76.0 Å². The van der Waals surface area contributed by atoms with E-state index in [1.54, 1.807) is 18.2 Å². The summed E-state index contributed by atoms with van der Waals surface area (Å²) in [6, 6.07) is 14.6. The second-order valence-electron chi connectivity index (χ2n) is 8.71. The van der Waals surface area contributed by atoms with Crippen molar-refractivity contribution < 1.29 is 8.42 Å². The molecule has 1 atom stereocenters. The molecule has 1 aliphatic carbocycles. The third-order valence-electron chi connectivity index (χ3n) is 6.40. The molecule has 0 amide bonds. The van der Waals surface area contributed by atoms with Gasteiger partial charge in [-0.1, -0.05) is 57.2 Å². The molecule has 32 heavy (non-hydrogen) atoms. The van der Waals surface area contributed by atoms with E-state index in [0.717, 1.165) is 18.0 Å². The van der Waals surface area contributed by atoms with E-state index in [1.807, 2.05) is 47.3 Å². The molecule has 1 aliphatic rings. The van der Waals surface area contributed by atoms with Crippen molar-refractivity contribution in [1.29, 1.82) is 0 Å². The Kier molecular flexibility index (Phi) is 7.27. The molecular formula is C25H32N4O2S. The van der Waals surface area contributed by atoms with E-state index in [0.29, 0.717) is 24.0 Å². The van der Waals surface area contributed by atoms with Crippen molar-refractivity contribution in [1.82, 2.24) is 14.9 Å². The lowest BCUT2D eigenvalue weighted by atomic mass is 9.81. The molecule has 1 fully saturated rings. The number of para-hydroxylation sites is 1. The van der Waals surface area contributed by atoms with Crippen LogP contribution in [0.5, 0.6) is 0 Å². The average molecular weight is 453 g/mol. The van der Waals surface area contributed by atoms with E-state index in [-0.39, 0.29) is 4.90 Å². The Hall–Kier alpha value is -2.64. The summed E-state index contributed by atoms with van der Waals surface area (Å²) in [5.41, 5.74) is 1.53. The summed E-state index contributed by atoms with van der Waals surface area (Å²) in [4.78, 5) is 4.44. The normalized spacial score (nSPS) is 16.0. The predicted octanol–water partition coefficient (Wildman–Crippen LogP) is 4.98. The van der Waals surface area contributed by atoms with Gasteiger partial charge in [-0.25, -0.2) is 13.4 Å². The molecule has 2 N–H and O–H groups in total. The molecule has 1 unspecified atom stereocenters. The summed E-state index contributed by atoms with van der Waals surface area (Å²) in [7, 11) is -3.73. The minimum atomic E-state index is -3.73. The van der Waals surface area contributed by atoms with E-state index in [2.05, 4.69) is 21.9 Å². The maximum atomic E-state index is 13.0. The minimum Gasteiger partial charge on any atom is -0.312 e. The maximum absolute atomic E-state index is 13.0. The number of hydrogen-bond acceptors (Lipinski definition) is 4. The number of sulfonamides is 1. The molecule has 2 aromatic heterocycles. The largest absolute Gasteiger partial charge is 0.312 e. The summed E-state index contributed by atoms with van der Waals surface area (Å²) in [5.74, 6) is 2.10. The van der Waals surface area contributed by atoms with E-state index in [9.17, 15) is 8.42 Å². The number of rotatable bonds is 9. The summed E-state index contributed by atoms with van der Waals surface area (Å²) in [5, 5.41) is 3.54. The number of benzene rings is 1. The smallest absolute Gasteiger partial charge is 0.263 e. The fraction of sp³-hybridized carbons (Fsp3) is 0.400. The average Bonchev–Trinajstić information content (AvgIpc) is 3.36. The molecule has 7 heteroatoms. The van der Waals surface area contributed by atoms with Crippen LogP contribution in [-0.2, 0) is 16.6 Å². The van der Waals surface area contributed by atoms with Crippen LogP contribution >= 0.6 is 0 Å². The highest BCUT2D eigenvalue weighted by Crippen LogP contribution is 2.29. The van der Waals surface area contributed by atoms with Gasteiger partial charge in [0.15, 0.2) is 0 Å². The molecule has 2 heterocycles. The zero-order chi connectivity index (χ0) is 22.4. The van der Waals surface area contributed by atoms with Crippen LogP contribution in [0.15, 0.2) is 72.0 Å². The quantitative estimate of drug-likeness (QED) is 0.480. The number of pyridine rings is 1. The fourth-order valence-electron chi connectivity index (χ4n) is 4.45. The Morgan fingerprint density at radius 1 is 1.03 bits per heavy atom. The van der Waals surface area contributed by atoms with Gasteiger partial charge in [0, 0.05) is 25.1 Å². The number of hydrogen-bond donors (Lipinski definition) is 2. The van der Waals surface area contributed by atoms with Gasteiger partial charge in [0.2, 0.25) is 0 Å². The molecule has 0 aliphatic heterocycles. The van der Waals surface area contributed by atoms with Crippen LogP contribution < -0.4 is 10.0 Å². The monoisotopic (exact) mass is 452 g/mol. The first-order chi connectivity index (χ1) is 15.5. The lowest BCUT2D eigenvalue weighted by molar-refractivity contribution is 0.256. The first kappa shape index (κ1) is 22.6. The Morgan fingerprint density at radius 3 is 2.50 bits per heavy atom. The molecule has 4 rings (SSSR count). The Balaban J connectivity index is 1.39. The van der Waals surface area contributed by atoms with Crippen molar-refractivity contribution in [3.05, 3.63) is 72.7 Å². The van der Waals surface area contributed by atoms with Crippen LogP contribution in [0.25, 0.3) is 5.82 Å². The molecular weight excluding hydrogens is 420 g/mol. The van der Waals surface area contributed by atoms with Gasteiger partial charge in [-0.3, -0.25) is 4.72 Å². The van der Waals surface area contributed by atoms with Crippen LogP contribution in [0.2, 0.25) is 0 Å². The molecule has 3 aromatic rings. The van der Waals surface area contributed by atoms with Gasteiger partial charge in [0.25, 0.3) is 10.0 Å². The summed E-state index contributed by atoms with van der Waals surface area (Å²) in [6.45, 7) is 3.89. The van der Waals surface area contributed by atoms with Gasteiger partial charge in [-0.15, -0.1) is 0 Å². The van der Waals surface area contributed by atoms with Gasteiger partial charge in [-0.05, 0) is 54.3 Å². The van der Waals surface area contributed by atoms with Crippen molar-refractivity contribution in [3.8, 4) is 5.82 Å². The first-order valence-corrected chi connectivity index (χ1v) is 12.9. The SMILES string of the molecule is CC(CNCc1ccccc1NS(=O)(=O)c1ccc(-n2cccc2)nc1)C1CCCCC1. The highest BCUT2D eigenvalue weighted by molar-refractivity contribution is 7.92. The lowest BCUT2D eigenvalue weighted by Gasteiger charge is -2.28. The second-order valence-corrected chi connectivity index (χ2v) is 10.4. The van der Waals surface area contributed by atoms with E-state index < -0.39 is 10.0 Å². The zero-order valence-electron chi connectivity index (χ0n) is 18.6. The first-order valence-electron chi connectivity index (χ1n) is 11.4. The number of nitrogens with zero attached hydrogens (tertiary/aromatic N) is 2. The molecule has 0 spiro atoms. The van der Waals surface area contributed by atoms with Crippen molar-refractivity contribution in [3.63, 3.8) is 0 Å². The molecule has 1 aromatic carbocycles. The highest BCUT2D eigenvalue weighted by atomic mass is 32.2. The number of aromatic nitrogens is 2. The van der Waals surface area contributed by atoms with Gasteiger partial charge >= 0.3 is 0 Å². The third kappa shape index (κ3) is 5.58. The van der Waals surface area contributed by atoms with Crippen LogP contribution in [0.3, 0.4) is 0 Å².